The molecule has 1 N–H and O–H groups in total. The number of ether oxygens (including phenoxy) is 3. The third kappa shape index (κ3) is 10.1. The second kappa shape index (κ2) is 12.7. The van der Waals surface area contributed by atoms with Gasteiger partial charge in [-0.2, -0.15) is 9.78 Å². The van der Waals surface area contributed by atoms with E-state index in [1.165, 1.54) is 4.68 Å². The largest absolute Gasteiger partial charge is 0.484 e. The van der Waals surface area contributed by atoms with Crippen LogP contribution in [-0.2, 0) is 13.9 Å². The fourth-order valence-corrected chi connectivity index (χ4v) is 5.10. The predicted octanol–water partition coefficient (Wildman–Crippen LogP) is 6.56. The van der Waals surface area contributed by atoms with Gasteiger partial charge in [-0.05, 0) is 91.1 Å². The molecule has 2 heterocycles. The van der Waals surface area contributed by atoms with Crippen LogP contribution in [0.4, 0.5) is 9.59 Å². The van der Waals surface area contributed by atoms with E-state index in [9.17, 15) is 9.59 Å². The molecule has 3 aromatic rings. The smallest absolute Gasteiger partial charge is 0.435 e. The number of carbonyl (C=O) groups excluding carboxylic acids is 2. The highest BCUT2D eigenvalue weighted by atomic mass is 28.2. The van der Waals surface area contributed by atoms with Crippen molar-refractivity contribution in [1.29, 1.82) is 0 Å². The Morgan fingerprint density at radius 2 is 1.56 bits per heavy atom. The van der Waals surface area contributed by atoms with Gasteiger partial charge < -0.3 is 24.0 Å². The Hall–Kier alpha value is -3.44. The minimum Gasteiger partial charge on any atom is -0.484 e. The van der Waals surface area contributed by atoms with E-state index in [1.54, 1.807) is 12.4 Å². The third-order valence-electron chi connectivity index (χ3n) is 6.24. The van der Waals surface area contributed by atoms with Crippen molar-refractivity contribution in [2.45, 2.75) is 111 Å². The number of hydrogen-bond donors (Lipinski definition) is 1. The molecular weight excluding hydrogens is 564 g/mol. The Morgan fingerprint density at radius 1 is 0.907 bits per heavy atom. The van der Waals surface area contributed by atoms with Crippen LogP contribution in [-0.4, -0.2) is 66.2 Å². The summed E-state index contributed by atoms with van der Waals surface area (Å²) in [6.07, 6.45) is 1.83. The fraction of sp³-hybridized carbons (Fsp3) is 0.562. The lowest BCUT2D eigenvalue weighted by Gasteiger charge is -2.37. The zero-order valence-electron chi connectivity index (χ0n) is 27.7. The van der Waals surface area contributed by atoms with Gasteiger partial charge in [-0.15, -0.1) is 0 Å². The lowest BCUT2D eigenvalue weighted by Crippen LogP contribution is -2.51. The summed E-state index contributed by atoms with van der Waals surface area (Å²) in [4.78, 5) is 29.7. The van der Waals surface area contributed by atoms with E-state index in [1.807, 2.05) is 86.6 Å². The monoisotopic (exact) mass is 612 g/mol. The molecule has 0 bridgehead atoms. The summed E-state index contributed by atoms with van der Waals surface area (Å²) in [5.74, 6) is 0.531. The fourth-order valence-electron chi connectivity index (χ4n) is 4.11. The summed E-state index contributed by atoms with van der Waals surface area (Å²) >= 11 is 0. The Kier molecular flexibility index (Phi) is 10.0. The molecule has 3 rings (SSSR count). The van der Waals surface area contributed by atoms with Crippen LogP contribution in [0, 0.1) is 6.92 Å². The number of amides is 1. The number of hydrogen-bond acceptors (Lipinski definition) is 8. The molecule has 11 heteroatoms. The van der Waals surface area contributed by atoms with Crippen molar-refractivity contribution in [2.75, 3.05) is 6.54 Å². The molecule has 1 unspecified atom stereocenters. The second-order valence-corrected chi connectivity index (χ2v) is 17.3. The Bertz CT molecular complexity index is 1450. The summed E-state index contributed by atoms with van der Waals surface area (Å²) in [7, 11) is -0.918. The SMILES string of the molecule is Cc1nn(C(=O)OC(C)(C)C)c2ccc(-c3cncc(OC(CNC(=O)OC(C)(C)C)C(C)(C)O[SiH2]C(C)(C)C)c3)cc12. The number of aromatic nitrogens is 3. The number of rotatable bonds is 8. The van der Waals surface area contributed by atoms with Crippen LogP contribution in [0.15, 0.2) is 36.7 Å². The number of aryl methyl sites for hydroxylation is 1. The summed E-state index contributed by atoms with van der Waals surface area (Å²) in [5.41, 5.74) is 1.12. The summed E-state index contributed by atoms with van der Waals surface area (Å²) < 4.78 is 25.2. The zero-order valence-corrected chi connectivity index (χ0v) is 29.2. The standard InChI is InChI=1S/C32H48N4O6Si/c1-20-24-16-21(13-14-25(24)36(35-20)28(38)41-30(5,6)7)22-15-23(18-33-17-22)39-26(19-34-27(37)40-29(2,3)4)32(11,12)42-43-31(8,9)10/h13-18,26H,19,43H2,1-12H3,(H,34,37). The third-order valence-corrected chi connectivity index (χ3v) is 7.99. The average Bonchev–Trinajstić information content (AvgIpc) is 3.19. The van der Waals surface area contributed by atoms with Crippen LogP contribution >= 0.6 is 0 Å². The first kappa shape index (κ1) is 34.1. The van der Waals surface area contributed by atoms with E-state index in [0.717, 1.165) is 16.5 Å². The molecule has 1 amide bonds. The van der Waals surface area contributed by atoms with Crippen molar-refractivity contribution < 1.29 is 28.2 Å². The van der Waals surface area contributed by atoms with Crippen molar-refractivity contribution >= 4 is 32.9 Å². The number of nitrogens with zero attached hydrogens (tertiary/aromatic N) is 3. The maximum Gasteiger partial charge on any atom is 0.435 e. The molecule has 2 aromatic heterocycles. The molecule has 43 heavy (non-hydrogen) atoms. The first-order valence-electron chi connectivity index (χ1n) is 14.6. The number of carbonyl (C=O) groups is 2. The van der Waals surface area contributed by atoms with Crippen LogP contribution in [0.3, 0.4) is 0 Å². The Balaban J connectivity index is 1.89. The molecule has 1 atom stereocenters. The van der Waals surface area contributed by atoms with Gasteiger partial charge in [0.2, 0.25) is 0 Å². The van der Waals surface area contributed by atoms with Crippen molar-refractivity contribution in [3.05, 3.63) is 42.4 Å². The van der Waals surface area contributed by atoms with Crippen molar-refractivity contribution in [3.63, 3.8) is 0 Å². The maximum atomic E-state index is 12.7. The van der Waals surface area contributed by atoms with E-state index in [0.29, 0.717) is 17.0 Å². The van der Waals surface area contributed by atoms with E-state index < -0.39 is 44.9 Å². The molecule has 0 aliphatic heterocycles. The Labute approximate surface area is 257 Å². The van der Waals surface area contributed by atoms with Crippen molar-refractivity contribution in [1.82, 2.24) is 20.1 Å². The van der Waals surface area contributed by atoms with E-state index >= 15 is 0 Å². The van der Waals surface area contributed by atoms with Crippen LogP contribution < -0.4 is 10.1 Å². The summed E-state index contributed by atoms with van der Waals surface area (Å²) in [5, 5.41) is 8.18. The van der Waals surface area contributed by atoms with Crippen LogP contribution in [0.25, 0.3) is 22.0 Å². The molecule has 0 aliphatic rings. The van der Waals surface area contributed by atoms with Gasteiger partial charge in [-0.3, -0.25) is 4.98 Å². The number of alkyl carbamates (subject to hydrolysis) is 1. The van der Waals surface area contributed by atoms with E-state index in [4.69, 9.17) is 18.6 Å². The number of benzene rings is 1. The van der Waals surface area contributed by atoms with Gasteiger partial charge in [0.05, 0.1) is 29.6 Å². The molecule has 0 radical (unpaired) electrons. The van der Waals surface area contributed by atoms with Crippen LogP contribution in [0.1, 0.15) is 81.9 Å². The number of nitrogens with one attached hydrogen (secondary N) is 1. The highest BCUT2D eigenvalue weighted by Crippen LogP contribution is 2.31. The van der Waals surface area contributed by atoms with Gasteiger partial charge in [0, 0.05) is 17.1 Å². The highest BCUT2D eigenvalue weighted by molar-refractivity contribution is 6.31. The van der Waals surface area contributed by atoms with E-state index in [-0.39, 0.29) is 11.6 Å². The van der Waals surface area contributed by atoms with Gasteiger partial charge in [0.15, 0.2) is 9.76 Å². The van der Waals surface area contributed by atoms with Crippen LogP contribution in [0.5, 0.6) is 5.75 Å². The van der Waals surface area contributed by atoms with Gasteiger partial charge in [-0.1, -0.05) is 26.8 Å². The van der Waals surface area contributed by atoms with Crippen molar-refractivity contribution in [2.24, 2.45) is 0 Å². The van der Waals surface area contributed by atoms with Gasteiger partial charge in [0.25, 0.3) is 0 Å². The highest BCUT2D eigenvalue weighted by Gasteiger charge is 2.34. The predicted molar refractivity (Wildman–Crippen MR) is 171 cm³/mol. The molecule has 0 spiro atoms. The molecule has 236 valence electrons. The normalized spacial score (nSPS) is 13.8. The van der Waals surface area contributed by atoms with Gasteiger partial charge >= 0.3 is 12.2 Å². The van der Waals surface area contributed by atoms with Gasteiger partial charge in [0.1, 0.15) is 23.1 Å². The minimum absolute atomic E-state index is 0.0793. The number of fused-ring (bicyclic) bond motifs is 1. The molecule has 0 saturated heterocycles. The second-order valence-electron chi connectivity index (χ2n) is 14.6. The molecule has 10 nitrogen and oxygen atoms in total. The summed E-state index contributed by atoms with van der Waals surface area (Å²) in [6.45, 7) is 23.4. The first-order chi connectivity index (χ1) is 19.6. The molecule has 0 fully saturated rings. The quantitative estimate of drug-likeness (QED) is 0.285. The Morgan fingerprint density at radius 3 is 2.16 bits per heavy atom. The van der Waals surface area contributed by atoms with Gasteiger partial charge in [-0.25, -0.2) is 9.59 Å². The van der Waals surface area contributed by atoms with Crippen molar-refractivity contribution in [3.8, 4) is 16.9 Å². The van der Waals surface area contributed by atoms with E-state index in [2.05, 4.69) is 36.2 Å². The molecule has 1 aromatic carbocycles. The zero-order chi connectivity index (χ0) is 32.4. The molecule has 0 saturated carbocycles. The number of pyridine rings is 1. The molecule has 0 aliphatic carbocycles. The van der Waals surface area contributed by atoms with Crippen LogP contribution in [0.2, 0.25) is 5.04 Å². The topological polar surface area (TPSA) is 114 Å². The lowest BCUT2D eigenvalue weighted by atomic mass is 10.0. The maximum absolute atomic E-state index is 12.7. The lowest BCUT2D eigenvalue weighted by molar-refractivity contribution is -0.0153. The summed E-state index contributed by atoms with van der Waals surface area (Å²) in [6, 6.07) is 7.64. The molecular formula is C32H48N4O6Si. The average molecular weight is 613 g/mol. The minimum atomic E-state index is -0.918. The first-order valence-corrected chi connectivity index (χ1v) is 15.9.